The van der Waals surface area contributed by atoms with Crippen LogP contribution < -0.4 is 0 Å². The molecule has 1 heteroatoms. The van der Waals surface area contributed by atoms with Gasteiger partial charge >= 0.3 is 54.7 Å². The predicted octanol–water partition coefficient (Wildman–Crippen LogP) is 2.54. The van der Waals surface area contributed by atoms with Gasteiger partial charge in [-0.1, -0.05) is 0 Å². The Bertz CT molecular complexity index is 35.2. The second kappa shape index (κ2) is 5.02. The van der Waals surface area contributed by atoms with Gasteiger partial charge in [-0.05, 0) is 0 Å². The van der Waals surface area contributed by atoms with Gasteiger partial charge in [-0.25, -0.2) is 0 Å². The molecule has 0 spiro atoms. The Labute approximate surface area is 54.8 Å². The van der Waals surface area contributed by atoms with Crippen molar-refractivity contribution in [2.24, 2.45) is 0 Å². The molecule has 0 saturated heterocycles. The molecule has 0 radical (unpaired) electrons. The Balaban J connectivity index is 2.83. The number of hydrogen-bond acceptors (Lipinski definition) is 0. The zero-order valence-electron chi connectivity index (χ0n) is 5.70. The SMILES string of the molecule is CC[CH2][In]([CH3])[CH2]C. The van der Waals surface area contributed by atoms with E-state index in [1.807, 2.05) is 0 Å². The zero-order chi connectivity index (χ0) is 5.70. The summed E-state index contributed by atoms with van der Waals surface area (Å²) in [6.45, 7) is 4.64. The Morgan fingerprint density at radius 1 is 1.29 bits per heavy atom. The van der Waals surface area contributed by atoms with Crippen LogP contribution in [-0.2, 0) is 0 Å². The molecule has 0 bridgehead atoms. The van der Waals surface area contributed by atoms with E-state index in [-0.39, 0.29) is 0 Å². The fourth-order valence-electron chi connectivity index (χ4n) is 0.697. The van der Waals surface area contributed by atoms with Crippen molar-refractivity contribution in [3.8, 4) is 0 Å². The summed E-state index contributed by atoms with van der Waals surface area (Å²) in [5.41, 5.74) is 0. The Hall–Kier alpha value is 0.870. The van der Waals surface area contributed by atoms with E-state index in [4.69, 9.17) is 0 Å². The van der Waals surface area contributed by atoms with Gasteiger partial charge < -0.3 is 0 Å². The minimum absolute atomic E-state index is 0.760. The minimum atomic E-state index is -0.760. The van der Waals surface area contributed by atoms with Crippen LogP contribution in [0.5, 0.6) is 0 Å². The van der Waals surface area contributed by atoms with Crippen molar-refractivity contribution in [2.45, 2.75) is 33.3 Å². The molecule has 0 aromatic heterocycles. The molecule has 0 N–H and O–H groups in total. The van der Waals surface area contributed by atoms with E-state index in [1.165, 1.54) is 6.42 Å². The first-order valence-electron chi connectivity index (χ1n) is 3.31. The summed E-state index contributed by atoms with van der Waals surface area (Å²) in [7, 11) is 0. The third-order valence-electron chi connectivity index (χ3n) is 1.48. The van der Waals surface area contributed by atoms with Gasteiger partial charge in [0.15, 0.2) is 0 Å². The summed E-state index contributed by atoms with van der Waals surface area (Å²) in [5, 5.41) is 0. The molecular formula is C6H15In. The summed E-state index contributed by atoms with van der Waals surface area (Å²) >= 11 is -0.760. The third kappa shape index (κ3) is 4.73. The first-order valence-corrected chi connectivity index (χ1v) is 11.3. The van der Waals surface area contributed by atoms with Crippen LogP contribution in [0.15, 0.2) is 0 Å². The topological polar surface area (TPSA) is 0 Å². The molecule has 0 heterocycles. The maximum absolute atomic E-state index is 2.52. The van der Waals surface area contributed by atoms with Crippen LogP contribution in [0.1, 0.15) is 20.3 Å². The zero-order valence-corrected chi connectivity index (χ0v) is 8.99. The second-order valence-corrected chi connectivity index (χ2v) is 12.6. The molecule has 0 unspecified atom stereocenters. The fraction of sp³-hybridized carbons (Fsp3) is 1.00. The first kappa shape index (κ1) is 7.87. The van der Waals surface area contributed by atoms with Crippen LogP contribution in [-0.4, -0.2) is 21.4 Å². The quantitative estimate of drug-likeness (QED) is 0.659. The van der Waals surface area contributed by atoms with Gasteiger partial charge in [0.05, 0.1) is 0 Å². The van der Waals surface area contributed by atoms with Gasteiger partial charge in [0.25, 0.3) is 0 Å². The average Bonchev–Trinajstić information content (AvgIpc) is 1.68. The number of hydrogen-bond donors (Lipinski definition) is 0. The summed E-state index contributed by atoms with van der Waals surface area (Å²) in [4.78, 5) is 0. The summed E-state index contributed by atoms with van der Waals surface area (Å²) in [6, 6.07) is 0. The predicted molar refractivity (Wildman–Crippen MR) is 37.2 cm³/mol. The van der Waals surface area contributed by atoms with E-state index in [0.29, 0.717) is 0 Å². The molecular weight excluding hydrogens is 187 g/mol. The van der Waals surface area contributed by atoms with Crippen LogP contribution in [0.4, 0.5) is 0 Å². The molecule has 42 valence electrons. The molecule has 0 rings (SSSR count). The molecule has 0 saturated carbocycles. The summed E-state index contributed by atoms with van der Waals surface area (Å²) < 4.78 is 5.68. The summed E-state index contributed by atoms with van der Waals surface area (Å²) in [5.74, 6) is 0. The normalized spacial score (nSPS) is 9.00. The van der Waals surface area contributed by atoms with Crippen molar-refractivity contribution in [2.75, 3.05) is 0 Å². The van der Waals surface area contributed by atoms with Gasteiger partial charge in [-0.2, -0.15) is 0 Å². The van der Waals surface area contributed by atoms with Crippen LogP contribution in [0.25, 0.3) is 0 Å². The molecule has 7 heavy (non-hydrogen) atoms. The van der Waals surface area contributed by atoms with Crippen molar-refractivity contribution >= 4 is 21.4 Å². The van der Waals surface area contributed by atoms with Crippen LogP contribution in [0.3, 0.4) is 0 Å². The van der Waals surface area contributed by atoms with Crippen LogP contribution in [0, 0.1) is 0 Å². The van der Waals surface area contributed by atoms with Crippen molar-refractivity contribution in [1.29, 1.82) is 0 Å². The van der Waals surface area contributed by atoms with E-state index >= 15 is 0 Å². The summed E-state index contributed by atoms with van der Waals surface area (Å²) in [6.07, 6.45) is 1.44. The van der Waals surface area contributed by atoms with E-state index < -0.39 is 21.4 Å². The fourth-order valence-corrected chi connectivity index (χ4v) is 4.68. The van der Waals surface area contributed by atoms with Crippen molar-refractivity contribution < 1.29 is 0 Å². The van der Waals surface area contributed by atoms with Gasteiger partial charge in [0.2, 0.25) is 0 Å². The van der Waals surface area contributed by atoms with E-state index in [1.54, 1.807) is 8.35 Å². The van der Waals surface area contributed by atoms with Crippen molar-refractivity contribution in [3.05, 3.63) is 0 Å². The van der Waals surface area contributed by atoms with Gasteiger partial charge in [-0.15, -0.1) is 0 Å². The van der Waals surface area contributed by atoms with E-state index in [2.05, 4.69) is 18.5 Å². The van der Waals surface area contributed by atoms with Gasteiger partial charge in [-0.3, -0.25) is 0 Å². The molecule has 0 fully saturated rings. The molecule has 0 aliphatic heterocycles. The molecule has 0 nitrogen and oxygen atoms in total. The van der Waals surface area contributed by atoms with Crippen molar-refractivity contribution in [3.63, 3.8) is 0 Å². The van der Waals surface area contributed by atoms with Gasteiger partial charge in [0, 0.05) is 0 Å². The Morgan fingerprint density at radius 3 is 2.00 bits per heavy atom. The molecule has 0 atom stereocenters. The van der Waals surface area contributed by atoms with E-state index in [9.17, 15) is 0 Å². The van der Waals surface area contributed by atoms with Crippen molar-refractivity contribution in [1.82, 2.24) is 0 Å². The molecule has 0 aliphatic rings. The molecule has 0 aromatic carbocycles. The molecule has 0 amide bonds. The first-order chi connectivity index (χ1) is 3.31. The Morgan fingerprint density at radius 2 is 1.86 bits per heavy atom. The third-order valence-corrected chi connectivity index (χ3v) is 9.92. The molecule has 0 aromatic rings. The van der Waals surface area contributed by atoms with E-state index in [0.717, 1.165) is 0 Å². The standard InChI is InChI=1S/C3H7.C2H5.CH3.In/c1-3-2;1-2;;/h1,3H2,2H3;1H2,2H3;1H3;. The van der Waals surface area contributed by atoms with Crippen LogP contribution in [0.2, 0.25) is 13.0 Å². The maximum atomic E-state index is 2.52. The monoisotopic (exact) mass is 202 g/mol. The van der Waals surface area contributed by atoms with Gasteiger partial charge in [0.1, 0.15) is 0 Å². The average molecular weight is 202 g/mol. The van der Waals surface area contributed by atoms with Crippen LogP contribution >= 0.6 is 0 Å². The number of rotatable bonds is 3. The Kier molecular flexibility index (Phi) is 5.64. The molecule has 0 aliphatic carbocycles. The second-order valence-electron chi connectivity index (χ2n) is 2.30.